The Hall–Kier alpha value is -2.89. The van der Waals surface area contributed by atoms with Crippen LogP contribution in [0.4, 0.5) is 5.82 Å². The van der Waals surface area contributed by atoms with Crippen LogP contribution in [0.25, 0.3) is 6.08 Å². The maximum absolute atomic E-state index is 12.8. The second-order valence-corrected chi connectivity index (χ2v) is 8.91. The first-order valence-corrected chi connectivity index (χ1v) is 11.3. The number of thiocarbonyl (C=S) groups is 1. The molecule has 0 saturated carbocycles. The fourth-order valence-electron chi connectivity index (χ4n) is 3.46. The Morgan fingerprint density at radius 1 is 1.26 bits per heavy atom. The molecule has 0 atom stereocenters. The van der Waals surface area contributed by atoms with E-state index in [-0.39, 0.29) is 17.0 Å². The molecule has 1 amide bonds. The number of aromatic nitrogens is 1. The van der Waals surface area contributed by atoms with Gasteiger partial charge in [-0.15, -0.1) is 0 Å². The fourth-order valence-corrected chi connectivity index (χ4v) is 4.75. The summed E-state index contributed by atoms with van der Waals surface area (Å²) in [6.07, 6.45) is 3.32. The van der Waals surface area contributed by atoms with Crippen molar-refractivity contribution in [1.29, 1.82) is 5.26 Å². The Balaban J connectivity index is 2.01. The molecule has 8 heteroatoms. The van der Waals surface area contributed by atoms with Crippen molar-refractivity contribution < 1.29 is 4.79 Å². The van der Waals surface area contributed by atoms with Gasteiger partial charge in [0.15, 0.2) is 0 Å². The first kappa shape index (κ1) is 22.8. The molecule has 1 saturated heterocycles. The van der Waals surface area contributed by atoms with Crippen molar-refractivity contribution in [2.24, 2.45) is 7.05 Å². The number of pyridine rings is 1. The van der Waals surface area contributed by atoms with Crippen molar-refractivity contribution >= 4 is 46.1 Å². The molecular weight excluding hydrogens is 428 g/mol. The van der Waals surface area contributed by atoms with E-state index in [0.717, 1.165) is 12.8 Å². The van der Waals surface area contributed by atoms with Gasteiger partial charge >= 0.3 is 0 Å². The number of anilines is 1. The van der Waals surface area contributed by atoms with Crippen LogP contribution >= 0.6 is 24.0 Å². The maximum atomic E-state index is 12.8. The van der Waals surface area contributed by atoms with Crippen LogP contribution in [0.1, 0.15) is 35.6 Å². The minimum absolute atomic E-state index is 0.0754. The normalized spacial score (nSPS) is 14.9. The van der Waals surface area contributed by atoms with Gasteiger partial charge in [0.25, 0.3) is 11.5 Å². The monoisotopic (exact) mass is 452 g/mol. The number of carbonyl (C=O) groups is 1. The largest absolute Gasteiger partial charge is 0.371 e. The highest BCUT2D eigenvalue weighted by atomic mass is 32.2. The second-order valence-electron chi connectivity index (χ2n) is 7.23. The molecule has 0 radical (unpaired) electrons. The van der Waals surface area contributed by atoms with Gasteiger partial charge in [-0.1, -0.05) is 61.2 Å². The molecule has 0 bridgehead atoms. The second kappa shape index (κ2) is 9.94. The molecule has 1 fully saturated rings. The van der Waals surface area contributed by atoms with Crippen molar-refractivity contribution in [2.45, 2.75) is 26.7 Å². The highest BCUT2D eigenvalue weighted by molar-refractivity contribution is 8.26. The topological polar surface area (TPSA) is 78.1 Å². The SMILES string of the molecule is CCCN1C(=O)/C(=C\c2c(C)c(C#N)c(=O)n(C)c2NCCc2ccccc2)SC1=S. The lowest BCUT2D eigenvalue weighted by Crippen LogP contribution is -2.28. The van der Waals surface area contributed by atoms with E-state index in [9.17, 15) is 14.9 Å². The van der Waals surface area contributed by atoms with Gasteiger partial charge in [0.05, 0.1) is 4.91 Å². The first-order chi connectivity index (χ1) is 14.9. The number of thioether (sulfide) groups is 1. The standard InChI is InChI=1S/C23H24N4O2S2/c1-4-12-27-22(29)19(31-23(27)30)13-17-15(2)18(14-24)21(28)26(3)20(17)25-11-10-16-8-6-5-7-9-16/h5-9,13,25H,4,10-12H2,1-3H3/b19-13+. The zero-order valence-electron chi connectivity index (χ0n) is 17.8. The van der Waals surface area contributed by atoms with Crippen LogP contribution in [0, 0.1) is 18.3 Å². The zero-order chi connectivity index (χ0) is 22.5. The molecule has 3 rings (SSSR count). The zero-order valence-corrected chi connectivity index (χ0v) is 19.4. The summed E-state index contributed by atoms with van der Waals surface area (Å²) in [6, 6.07) is 12.0. The Morgan fingerprint density at radius 2 is 1.97 bits per heavy atom. The van der Waals surface area contributed by atoms with E-state index in [2.05, 4.69) is 5.32 Å². The predicted octanol–water partition coefficient (Wildman–Crippen LogP) is 3.83. The Kier molecular flexibility index (Phi) is 7.31. The molecule has 6 nitrogen and oxygen atoms in total. The van der Waals surface area contributed by atoms with Gasteiger partial charge < -0.3 is 5.32 Å². The smallest absolute Gasteiger partial charge is 0.270 e. The maximum Gasteiger partial charge on any atom is 0.270 e. The number of nitrogens with one attached hydrogen (secondary N) is 1. The Bertz CT molecular complexity index is 1150. The average molecular weight is 453 g/mol. The van der Waals surface area contributed by atoms with Crippen molar-refractivity contribution in [3.05, 3.63) is 67.8 Å². The van der Waals surface area contributed by atoms with Gasteiger partial charge in [-0.25, -0.2) is 0 Å². The number of hydrogen-bond acceptors (Lipinski definition) is 6. The van der Waals surface area contributed by atoms with Gasteiger partial charge in [-0.3, -0.25) is 19.1 Å². The van der Waals surface area contributed by atoms with Gasteiger partial charge in [-0.2, -0.15) is 5.26 Å². The summed E-state index contributed by atoms with van der Waals surface area (Å²) in [5.74, 6) is 0.442. The van der Waals surface area contributed by atoms with Crippen LogP contribution in [0.15, 0.2) is 40.0 Å². The van der Waals surface area contributed by atoms with Crippen LogP contribution in [-0.4, -0.2) is 32.8 Å². The molecule has 0 spiro atoms. The predicted molar refractivity (Wildman–Crippen MR) is 130 cm³/mol. The molecule has 31 heavy (non-hydrogen) atoms. The molecule has 2 heterocycles. The molecule has 1 N–H and O–H groups in total. The minimum atomic E-state index is -0.363. The third-order valence-corrected chi connectivity index (χ3v) is 6.52. The Labute approximate surface area is 191 Å². The minimum Gasteiger partial charge on any atom is -0.371 e. The lowest BCUT2D eigenvalue weighted by atomic mass is 10.0. The van der Waals surface area contributed by atoms with Crippen molar-refractivity contribution in [3.8, 4) is 6.07 Å². The lowest BCUT2D eigenvalue weighted by molar-refractivity contribution is -0.122. The molecular formula is C23H24N4O2S2. The highest BCUT2D eigenvalue weighted by Gasteiger charge is 2.32. The first-order valence-electron chi connectivity index (χ1n) is 10.1. The highest BCUT2D eigenvalue weighted by Crippen LogP contribution is 2.34. The molecule has 1 aromatic heterocycles. The van der Waals surface area contributed by atoms with E-state index in [1.807, 2.05) is 43.3 Å². The summed E-state index contributed by atoms with van der Waals surface area (Å²) in [6.45, 7) is 4.90. The van der Waals surface area contributed by atoms with Crippen molar-refractivity contribution in [3.63, 3.8) is 0 Å². The molecule has 2 aromatic rings. The number of amides is 1. The average Bonchev–Trinajstić information content (AvgIpc) is 3.03. The summed E-state index contributed by atoms with van der Waals surface area (Å²) >= 11 is 6.61. The van der Waals surface area contributed by atoms with E-state index >= 15 is 0 Å². The quantitative estimate of drug-likeness (QED) is 0.508. The van der Waals surface area contributed by atoms with E-state index < -0.39 is 0 Å². The molecule has 1 aliphatic heterocycles. The van der Waals surface area contributed by atoms with Gasteiger partial charge in [0.2, 0.25) is 0 Å². The van der Waals surface area contributed by atoms with Gasteiger partial charge in [0.1, 0.15) is 21.8 Å². The van der Waals surface area contributed by atoms with Gasteiger partial charge in [-0.05, 0) is 37.0 Å². The van der Waals surface area contributed by atoms with Crippen molar-refractivity contribution in [1.82, 2.24) is 9.47 Å². The van der Waals surface area contributed by atoms with Gasteiger partial charge in [0, 0.05) is 25.7 Å². The fraction of sp³-hybridized carbons (Fsp3) is 0.304. The third-order valence-electron chi connectivity index (χ3n) is 5.15. The summed E-state index contributed by atoms with van der Waals surface area (Å²) in [5, 5.41) is 12.9. The van der Waals surface area contributed by atoms with Crippen LogP contribution in [0.3, 0.4) is 0 Å². The van der Waals surface area contributed by atoms with Crippen LogP contribution in [0.5, 0.6) is 0 Å². The Morgan fingerprint density at radius 3 is 2.61 bits per heavy atom. The molecule has 0 unspecified atom stereocenters. The van der Waals surface area contributed by atoms with Crippen LogP contribution < -0.4 is 10.9 Å². The van der Waals surface area contributed by atoms with E-state index in [1.165, 1.54) is 21.9 Å². The molecule has 0 aliphatic carbocycles. The molecule has 1 aliphatic rings. The number of carbonyl (C=O) groups excluding carboxylic acids is 1. The van der Waals surface area contributed by atoms with Crippen molar-refractivity contribution in [2.75, 3.05) is 18.4 Å². The lowest BCUT2D eigenvalue weighted by Gasteiger charge is -2.18. The number of benzene rings is 1. The number of hydrogen-bond donors (Lipinski definition) is 1. The van der Waals surface area contributed by atoms with E-state index in [1.54, 1.807) is 24.9 Å². The number of rotatable bonds is 7. The van der Waals surface area contributed by atoms with E-state index in [0.29, 0.717) is 39.3 Å². The van der Waals surface area contributed by atoms with E-state index in [4.69, 9.17) is 12.2 Å². The summed E-state index contributed by atoms with van der Waals surface area (Å²) in [5.41, 5.74) is 2.09. The number of nitriles is 1. The number of nitrogens with zero attached hydrogens (tertiary/aromatic N) is 3. The summed E-state index contributed by atoms with van der Waals surface area (Å²) in [4.78, 5) is 27.6. The summed E-state index contributed by atoms with van der Waals surface area (Å²) < 4.78 is 1.97. The summed E-state index contributed by atoms with van der Waals surface area (Å²) in [7, 11) is 1.63. The van der Waals surface area contributed by atoms with Crippen LogP contribution in [-0.2, 0) is 18.3 Å². The molecule has 1 aromatic carbocycles. The van der Waals surface area contributed by atoms with Crippen LogP contribution in [0.2, 0.25) is 0 Å². The third kappa shape index (κ3) is 4.73. The molecule has 160 valence electrons.